The molecule has 1 aliphatic carbocycles. The van der Waals surface area contributed by atoms with Crippen LogP contribution in [0, 0.1) is 0 Å². The number of ether oxygens (including phenoxy) is 1. The summed E-state index contributed by atoms with van der Waals surface area (Å²) in [7, 11) is 0. The molecule has 1 aromatic rings. The van der Waals surface area contributed by atoms with Crippen molar-refractivity contribution in [1.82, 2.24) is 5.32 Å². The maximum Gasteiger partial charge on any atom is 0.125 e. The van der Waals surface area contributed by atoms with Crippen molar-refractivity contribution < 1.29 is 4.74 Å². The largest absolute Gasteiger partial charge is 0.487 e. The van der Waals surface area contributed by atoms with Gasteiger partial charge in [-0.3, -0.25) is 0 Å². The van der Waals surface area contributed by atoms with Gasteiger partial charge in [-0.05, 0) is 44.9 Å². The molecule has 1 fully saturated rings. The normalized spacial score (nSPS) is 25.7. The molecule has 0 aromatic heterocycles. The lowest BCUT2D eigenvalue weighted by atomic mass is 9.88. The zero-order valence-electron chi connectivity index (χ0n) is 13.3. The highest BCUT2D eigenvalue weighted by Crippen LogP contribution is 2.41. The molecular weight excluding hydrogens is 260 g/mol. The van der Waals surface area contributed by atoms with E-state index in [1.807, 2.05) is 12.1 Å². The van der Waals surface area contributed by atoms with Gasteiger partial charge in [0.25, 0.3) is 0 Å². The van der Waals surface area contributed by atoms with Crippen LogP contribution in [0.4, 0.5) is 5.69 Å². The number of hydrogen-bond donors (Lipinski definition) is 2. The van der Waals surface area contributed by atoms with Gasteiger partial charge < -0.3 is 15.8 Å². The lowest BCUT2D eigenvalue weighted by Gasteiger charge is -2.39. The molecule has 0 amide bonds. The predicted octanol–water partition coefficient (Wildman–Crippen LogP) is 4.18. The monoisotopic (exact) mass is 288 g/mol. The van der Waals surface area contributed by atoms with Crippen molar-refractivity contribution in [2.24, 2.45) is 0 Å². The highest BCUT2D eigenvalue weighted by molar-refractivity contribution is 5.50. The summed E-state index contributed by atoms with van der Waals surface area (Å²) in [6.07, 6.45) is 9.09. The van der Waals surface area contributed by atoms with Crippen molar-refractivity contribution in [2.45, 2.75) is 76.5 Å². The number of nitrogen functional groups attached to an aromatic ring is 1. The van der Waals surface area contributed by atoms with Crippen LogP contribution in [-0.2, 0) is 0 Å². The van der Waals surface area contributed by atoms with Crippen molar-refractivity contribution in [3.05, 3.63) is 23.8 Å². The predicted molar refractivity (Wildman–Crippen MR) is 87.5 cm³/mol. The standard InChI is InChI=1S/C18H28N2O/c1-18(2)12-16(20-14-7-5-3-4-6-8-14)15-11-13(19)9-10-17(15)21-18/h9-11,14,16,20H,3-8,12,19H2,1-2H3. The van der Waals surface area contributed by atoms with Gasteiger partial charge in [0, 0.05) is 29.8 Å². The van der Waals surface area contributed by atoms with Gasteiger partial charge >= 0.3 is 0 Å². The maximum absolute atomic E-state index is 6.12. The number of nitrogens with two attached hydrogens (primary N) is 1. The summed E-state index contributed by atoms with van der Waals surface area (Å²) in [5.41, 5.74) is 7.93. The molecule has 1 atom stereocenters. The molecule has 116 valence electrons. The molecule has 1 unspecified atom stereocenters. The number of rotatable bonds is 2. The van der Waals surface area contributed by atoms with Crippen LogP contribution in [0.25, 0.3) is 0 Å². The van der Waals surface area contributed by atoms with Gasteiger partial charge in [-0.15, -0.1) is 0 Å². The van der Waals surface area contributed by atoms with E-state index >= 15 is 0 Å². The van der Waals surface area contributed by atoms with Crippen molar-refractivity contribution >= 4 is 5.69 Å². The molecule has 1 saturated carbocycles. The number of benzene rings is 1. The van der Waals surface area contributed by atoms with Gasteiger partial charge in [0.15, 0.2) is 0 Å². The minimum Gasteiger partial charge on any atom is -0.487 e. The SMILES string of the molecule is CC1(C)CC(NC2CCCCCC2)c2cc(N)ccc2O1. The molecule has 3 rings (SSSR count). The molecule has 0 bridgehead atoms. The van der Waals surface area contributed by atoms with Crippen LogP contribution < -0.4 is 15.8 Å². The van der Waals surface area contributed by atoms with E-state index in [1.165, 1.54) is 44.1 Å². The van der Waals surface area contributed by atoms with E-state index in [-0.39, 0.29) is 5.60 Å². The van der Waals surface area contributed by atoms with Crippen LogP contribution in [0.3, 0.4) is 0 Å². The molecule has 1 aliphatic heterocycles. The average molecular weight is 288 g/mol. The van der Waals surface area contributed by atoms with Crippen LogP contribution in [-0.4, -0.2) is 11.6 Å². The van der Waals surface area contributed by atoms with Crippen LogP contribution in [0.1, 0.15) is 70.4 Å². The van der Waals surface area contributed by atoms with E-state index < -0.39 is 0 Å². The zero-order chi connectivity index (χ0) is 14.9. The third kappa shape index (κ3) is 3.52. The molecule has 21 heavy (non-hydrogen) atoms. The summed E-state index contributed by atoms with van der Waals surface area (Å²) in [5.74, 6) is 0.992. The molecule has 0 radical (unpaired) electrons. The molecular formula is C18H28N2O. The van der Waals surface area contributed by atoms with Gasteiger partial charge in [0.2, 0.25) is 0 Å². The van der Waals surface area contributed by atoms with Gasteiger partial charge in [-0.25, -0.2) is 0 Å². The van der Waals surface area contributed by atoms with E-state index in [2.05, 4.69) is 25.2 Å². The van der Waals surface area contributed by atoms with Crippen molar-refractivity contribution in [2.75, 3.05) is 5.73 Å². The minimum atomic E-state index is -0.120. The Labute approximate surface area is 128 Å². The molecule has 3 N–H and O–H groups in total. The molecule has 1 aromatic carbocycles. The maximum atomic E-state index is 6.12. The lowest BCUT2D eigenvalue weighted by molar-refractivity contribution is 0.0632. The Kier molecular flexibility index (Phi) is 4.12. The Morgan fingerprint density at radius 1 is 1.14 bits per heavy atom. The Balaban J connectivity index is 1.81. The van der Waals surface area contributed by atoms with E-state index in [1.54, 1.807) is 0 Å². The number of anilines is 1. The lowest BCUT2D eigenvalue weighted by Crippen LogP contribution is -2.42. The molecule has 1 heterocycles. The number of nitrogens with one attached hydrogen (secondary N) is 1. The van der Waals surface area contributed by atoms with Crippen molar-refractivity contribution in [3.63, 3.8) is 0 Å². The fourth-order valence-corrected chi connectivity index (χ4v) is 3.75. The Bertz CT molecular complexity index is 490. The van der Waals surface area contributed by atoms with Crippen molar-refractivity contribution in [1.29, 1.82) is 0 Å². The van der Waals surface area contributed by atoms with Crippen molar-refractivity contribution in [3.8, 4) is 5.75 Å². The molecule has 3 nitrogen and oxygen atoms in total. The van der Waals surface area contributed by atoms with Gasteiger partial charge in [-0.2, -0.15) is 0 Å². The smallest absolute Gasteiger partial charge is 0.125 e. The van der Waals surface area contributed by atoms with E-state index in [0.717, 1.165) is 17.9 Å². The molecule has 0 spiro atoms. The second-order valence-corrected chi connectivity index (χ2v) is 7.27. The Morgan fingerprint density at radius 3 is 2.57 bits per heavy atom. The quantitative estimate of drug-likeness (QED) is 0.634. The molecule has 3 heteroatoms. The summed E-state index contributed by atoms with van der Waals surface area (Å²) in [4.78, 5) is 0. The Hall–Kier alpha value is -1.22. The fourth-order valence-electron chi connectivity index (χ4n) is 3.75. The zero-order valence-corrected chi connectivity index (χ0v) is 13.3. The number of hydrogen-bond acceptors (Lipinski definition) is 3. The van der Waals surface area contributed by atoms with Gasteiger partial charge in [0.1, 0.15) is 11.4 Å². The second kappa shape index (κ2) is 5.88. The first-order valence-electron chi connectivity index (χ1n) is 8.38. The average Bonchev–Trinajstić information content (AvgIpc) is 2.67. The summed E-state index contributed by atoms with van der Waals surface area (Å²) in [6, 6.07) is 7.03. The van der Waals surface area contributed by atoms with Crippen LogP contribution in [0.2, 0.25) is 0 Å². The van der Waals surface area contributed by atoms with Crippen LogP contribution >= 0.6 is 0 Å². The topological polar surface area (TPSA) is 47.3 Å². The highest BCUT2D eigenvalue weighted by Gasteiger charge is 2.34. The van der Waals surface area contributed by atoms with E-state index in [9.17, 15) is 0 Å². The first kappa shape index (κ1) is 14.7. The second-order valence-electron chi connectivity index (χ2n) is 7.27. The third-order valence-electron chi connectivity index (χ3n) is 4.78. The number of fused-ring (bicyclic) bond motifs is 1. The van der Waals surface area contributed by atoms with Gasteiger partial charge in [-0.1, -0.05) is 25.7 Å². The first-order valence-corrected chi connectivity index (χ1v) is 8.38. The summed E-state index contributed by atoms with van der Waals surface area (Å²) in [5, 5.41) is 3.90. The molecule has 0 saturated heterocycles. The van der Waals surface area contributed by atoms with Crippen LogP contribution in [0.15, 0.2) is 18.2 Å². The van der Waals surface area contributed by atoms with E-state index in [0.29, 0.717) is 12.1 Å². The molecule has 2 aliphatic rings. The minimum absolute atomic E-state index is 0.120. The van der Waals surface area contributed by atoms with Crippen LogP contribution in [0.5, 0.6) is 5.75 Å². The Morgan fingerprint density at radius 2 is 1.86 bits per heavy atom. The highest BCUT2D eigenvalue weighted by atomic mass is 16.5. The summed E-state index contributed by atoms with van der Waals surface area (Å²) >= 11 is 0. The first-order chi connectivity index (χ1) is 10.0. The summed E-state index contributed by atoms with van der Waals surface area (Å²) in [6.45, 7) is 4.35. The summed E-state index contributed by atoms with van der Waals surface area (Å²) < 4.78 is 6.12. The van der Waals surface area contributed by atoms with E-state index in [4.69, 9.17) is 10.5 Å². The third-order valence-corrected chi connectivity index (χ3v) is 4.78. The van der Waals surface area contributed by atoms with Gasteiger partial charge in [0.05, 0.1) is 0 Å². The fraction of sp³-hybridized carbons (Fsp3) is 0.667.